The summed E-state index contributed by atoms with van der Waals surface area (Å²) in [7, 11) is 1.59. The maximum atomic E-state index is 15.1. The number of methoxy groups -OCH3 is 1. The molecule has 0 radical (unpaired) electrons. The van der Waals surface area contributed by atoms with Crippen LogP contribution in [0, 0.1) is 17.5 Å². The molecule has 1 aliphatic rings. The number of halogens is 3. The molecule has 0 spiro atoms. The summed E-state index contributed by atoms with van der Waals surface area (Å²) < 4.78 is 54.3. The summed E-state index contributed by atoms with van der Waals surface area (Å²) in [5, 5.41) is 9.58. The average Bonchev–Trinajstić information content (AvgIpc) is 3.41. The van der Waals surface area contributed by atoms with E-state index in [0.717, 1.165) is 12.1 Å². The third-order valence-electron chi connectivity index (χ3n) is 6.01. The highest BCUT2D eigenvalue weighted by molar-refractivity contribution is 5.89. The zero-order valence-electron chi connectivity index (χ0n) is 20.0. The highest BCUT2D eigenvalue weighted by Crippen LogP contribution is 2.30. The van der Waals surface area contributed by atoms with Crippen molar-refractivity contribution in [2.75, 3.05) is 45.3 Å². The van der Waals surface area contributed by atoms with Gasteiger partial charge in [0, 0.05) is 32.7 Å². The van der Waals surface area contributed by atoms with Gasteiger partial charge >= 0.3 is 6.03 Å². The Balaban J connectivity index is 1.56. The fourth-order valence-electron chi connectivity index (χ4n) is 4.30. The number of likely N-dealkylation sites (tertiary alicyclic amines) is 1. The SMILES string of the molecule is CCOc1nn(-c2ccccc2)c(NC(=O)N[C@@H]2CN(CCOC)C[C@H]2c2ccc(F)c(F)c2)c1F. The molecule has 0 unspecified atom stereocenters. The second-order valence-electron chi connectivity index (χ2n) is 8.39. The quantitative estimate of drug-likeness (QED) is 0.463. The summed E-state index contributed by atoms with van der Waals surface area (Å²) in [6.07, 6.45) is 0. The van der Waals surface area contributed by atoms with Gasteiger partial charge in [0.25, 0.3) is 5.88 Å². The Hall–Kier alpha value is -3.57. The van der Waals surface area contributed by atoms with E-state index in [2.05, 4.69) is 20.6 Å². The van der Waals surface area contributed by atoms with Crippen molar-refractivity contribution in [3.05, 3.63) is 71.5 Å². The fraction of sp³-hybridized carbons (Fsp3) is 0.360. The third kappa shape index (κ3) is 5.63. The van der Waals surface area contributed by atoms with Crippen LogP contribution in [0.3, 0.4) is 0 Å². The second kappa shape index (κ2) is 11.4. The van der Waals surface area contributed by atoms with Crippen molar-refractivity contribution in [2.24, 2.45) is 0 Å². The molecule has 36 heavy (non-hydrogen) atoms. The zero-order chi connectivity index (χ0) is 25.7. The molecule has 0 aliphatic carbocycles. The first kappa shape index (κ1) is 25.5. The normalized spacial score (nSPS) is 17.8. The van der Waals surface area contributed by atoms with Crippen LogP contribution >= 0.6 is 0 Å². The largest absolute Gasteiger partial charge is 0.475 e. The van der Waals surface area contributed by atoms with Gasteiger partial charge in [-0.1, -0.05) is 24.3 Å². The minimum absolute atomic E-state index is 0.180. The molecule has 1 aliphatic heterocycles. The fourth-order valence-corrected chi connectivity index (χ4v) is 4.30. The molecule has 0 bridgehead atoms. The third-order valence-corrected chi connectivity index (χ3v) is 6.01. The van der Waals surface area contributed by atoms with E-state index >= 15 is 4.39 Å². The average molecular weight is 504 g/mol. The van der Waals surface area contributed by atoms with E-state index in [1.54, 1.807) is 44.4 Å². The first-order valence-electron chi connectivity index (χ1n) is 11.6. The summed E-state index contributed by atoms with van der Waals surface area (Å²) in [6.45, 7) is 3.93. The first-order chi connectivity index (χ1) is 17.4. The number of benzene rings is 2. The van der Waals surface area contributed by atoms with Crippen LogP contribution in [0.1, 0.15) is 18.4 Å². The molecule has 11 heteroatoms. The molecular weight excluding hydrogens is 475 g/mol. The number of anilines is 1. The minimum Gasteiger partial charge on any atom is -0.475 e. The number of ether oxygens (including phenoxy) is 2. The van der Waals surface area contributed by atoms with Gasteiger partial charge < -0.3 is 14.8 Å². The predicted molar refractivity (Wildman–Crippen MR) is 128 cm³/mol. The van der Waals surface area contributed by atoms with Crippen LogP contribution in [0.15, 0.2) is 48.5 Å². The van der Waals surface area contributed by atoms with Crippen LogP contribution in [0.2, 0.25) is 0 Å². The van der Waals surface area contributed by atoms with Crippen molar-refractivity contribution in [1.82, 2.24) is 20.0 Å². The maximum Gasteiger partial charge on any atom is 0.320 e. The van der Waals surface area contributed by atoms with Crippen LogP contribution in [0.5, 0.6) is 5.88 Å². The standard InChI is InChI=1S/C25H28F3N5O3/c1-3-36-24-22(28)23(33(31-24)17-7-5-4-6-8-17)30-25(34)29-21-15-32(11-12-35-2)14-18(21)16-9-10-19(26)20(27)13-16/h4-10,13,18,21H,3,11-12,14-15H2,1-2H3,(H2,29,30,34)/t18-,21+/m0/s1. The molecule has 192 valence electrons. The monoisotopic (exact) mass is 503 g/mol. The number of hydrogen-bond donors (Lipinski definition) is 2. The Bertz CT molecular complexity index is 1190. The summed E-state index contributed by atoms with van der Waals surface area (Å²) in [5.41, 5.74) is 1.09. The summed E-state index contributed by atoms with van der Waals surface area (Å²) >= 11 is 0. The molecule has 2 atom stereocenters. The van der Waals surface area contributed by atoms with E-state index in [4.69, 9.17) is 9.47 Å². The highest BCUT2D eigenvalue weighted by atomic mass is 19.2. The number of amides is 2. The Labute approximate surface area is 207 Å². The van der Waals surface area contributed by atoms with Crippen molar-refractivity contribution >= 4 is 11.8 Å². The van der Waals surface area contributed by atoms with Gasteiger partial charge in [0.2, 0.25) is 5.82 Å². The van der Waals surface area contributed by atoms with Crippen LogP contribution in [0.4, 0.5) is 23.8 Å². The Morgan fingerprint density at radius 1 is 1.11 bits per heavy atom. The molecule has 1 fully saturated rings. The Morgan fingerprint density at radius 2 is 1.89 bits per heavy atom. The lowest BCUT2D eigenvalue weighted by Crippen LogP contribution is -2.42. The number of para-hydroxylation sites is 1. The Morgan fingerprint density at radius 3 is 2.58 bits per heavy atom. The number of hydrogen-bond acceptors (Lipinski definition) is 5. The van der Waals surface area contributed by atoms with E-state index in [1.165, 1.54) is 10.7 Å². The smallest absolute Gasteiger partial charge is 0.320 e. The number of rotatable bonds is 9. The number of nitrogens with one attached hydrogen (secondary N) is 2. The minimum atomic E-state index is -0.955. The van der Waals surface area contributed by atoms with Gasteiger partial charge in [0.05, 0.1) is 24.9 Å². The molecule has 3 aromatic rings. The number of carbonyl (C=O) groups excluding carboxylic acids is 1. The molecule has 2 N–H and O–H groups in total. The number of nitrogens with zero attached hydrogens (tertiary/aromatic N) is 3. The molecule has 0 saturated carbocycles. The van der Waals surface area contributed by atoms with Gasteiger partial charge in [-0.05, 0) is 36.8 Å². The van der Waals surface area contributed by atoms with E-state index in [1.807, 2.05) is 0 Å². The topological polar surface area (TPSA) is 80.6 Å². The van der Waals surface area contributed by atoms with Crippen molar-refractivity contribution in [3.63, 3.8) is 0 Å². The van der Waals surface area contributed by atoms with E-state index in [-0.39, 0.29) is 24.2 Å². The van der Waals surface area contributed by atoms with Gasteiger partial charge in [0.15, 0.2) is 17.5 Å². The number of urea groups is 1. The van der Waals surface area contributed by atoms with Gasteiger partial charge in [-0.25, -0.2) is 18.3 Å². The van der Waals surface area contributed by atoms with E-state index in [9.17, 15) is 13.6 Å². The molecular formula is C25H28F3N5O3. The molecule has 2 aromatic carbocycles. The van der Waals surface area contributed by atoms with Crippen molar-refractivity contribution < 1.29 is 27.4 Å². The van der Waals surface area contributed by atoms with E-state index in [0.29, 0.717) is 37.5 Å². The van der Waals surface area contributed by atoms with Crippen LogP contribution in [-0.4, -0.2) is 66.7 Å². The summed E-state index contributed by atoms with van der Waals surface area (Å²) in [5.74, 6) is -3.43. The summed E-state index contributed by atoms with van der Waals surface area (Å²) in [6, 6.07) is 11.4. The Kier molecular flexibility index (Phi) is 8.11. The molecule has 2 heterocycles. The van der Waals surface area contributed by atoms with Gasteiger partial charge in [0.1, 0.15) is 0 Å². The van der Waals surface area contributed by atoms with E-state index < -0.39 is 29.5 Å². The van der Waals surface area contributed by atoms with Crippen molar-refractivity contribution in [3.8, 4) is 11.6 Å². The lowest BCUT2D eigenvalue weighted by molar-refractivity contribution is 0.159. The second-order valence-corrected chi connectivity index (χ2v) is 8.39. The summed E-state index contributed by atoms with van der Waals surface area (Å²) in [4.78, 5) is 15.1. The molecule has 2 amide bonds. The first-order valence-corrected chi connectivity index (χ1v) is 11.6. The molecule has 4 rings (SSSR count). The van der Waals surface area contributed by atoms with Crippen LogP contribution in [-0.2, 0) is 4.74 Å². The number of carbonyl (C=O) groups is 1. The molecule has 1 aromatic heterocycles. The maximum absolute atomic E-state index is 15.1. The highest BCUT2D eigenvalue weighted by Gasteiger charge is 2.35. The zero-order valence-corrected chi connectivity index (χ0v) is 20.0. The van der Waals surface area contributed by atoms with Gasteiger partial charge in [-0.2, -0.15) is 4.39 Å². The predicted octanol–water partition coefficient (Wildman–Crippen LogP) is 3.92. The molecule has 8 nitrogen and oxygen atoms in total. The molecule has 1 saturated heterocycles. The van der Waals surface area contributed by atoms with Crippen LogP contribution < -0.4 is 15.4 Å². The lowest BCUT2D eigenvalue weighted by atomic mass is 9.94. The number of aromatic nitrogens is 2. The van der Waals surface area contributed by atoms with Crippen molar-refractivity contribution in [2.45, 2.75) is 18.9 Å². The van der Waals surface area contributed by atoms with Gasteiger partial charge in [-0.15, -0.1) is 5.10 Å². The van der Waals surface area contributed by atoms with Crippen LogP contribution in [0.25, 0.3) is 5.69 Å². The van der Waals surface area contributed by atoms with Gasteiger partial charge in [-0.3, -0.25) is 10.2 Å². The lowest BCUT2D eigenvalue weighted by Gasteiger charge is -2.21. The van der Waals surface area contributed by atoms with Crippen molar-refractivity contribution in [1.29, 1.82) is 0 Å².